The van der Waals surface area contributed by atoms with Gasteiger partial charge in [0.1, 0.15) is 11.6 Å². The van der Waals surface area contributed by atoms with E-state index in [1.54, 1.807) is 12.1 Å². The van der Waals surface area contributed by atoms with E-state index in [0.29, 0.717) is 0 Å². The minimum absolute atomic E-state index is 0.202. The van der Waals surface area contributed by atoms with Gasteiger partial charge in [-0.1, -0.05) is 19.1 Å². The zero-order valence-corrected chi connectivity index (χ0v) is 12.0. The van der Waals surface area contributed by atoms with Crippen LogP contribution in [0.2, 0.25) is 0 Å². The Labute approximate surface area is 118 Å². The predicted molar refractivity (Wildman–Crippen MR) is 77.8 cm³/mol. The van der Waals surface area contributed by atoms with Crippen LogP contribution in [0.3, 0.4) is 0 Å². The minimum atomic E-state index is -0.275. The van der Waals surface area contributed by atoms with Crippen molar-refractivity contribution in [3.63, 3.8) is 0 Å². The van der Waals surface area contributed by atoms with Crippen LogP contribution in [0.5, 0.6) is 0 Å². The van der Waals surface area contributed by atoms with Gasteiger partial charge in [0.2, 0.25) is 0 Å². The van der Waals surface area contributed by atoms with E-state index in [4.69, 9.17) is 0 Å². The first kappa shape index (κ1) is 14.7. The van der Waals surface area contributed by atoms with Gasteiger partial charge in [-0.3, -0.25) is 0 Å². The van der Waals surface area contributed by atoms with Crippen molar-refractivity contribution in [2.75, 3.05) is 6.54 Å². The summed E-state index contributed by atoms with van der Waals surface area (Å²) in [4.78, 5) is 0. The summed E-state index contributed by atoms with van der Waals surface area (Å²) in [6, 6.07) is 9.24. The Morgan fingerprint density at radius 1 is 0.900 bits per heavy atom. The second-order valence-electron chi connectivity index (χ2n) is 4.99. The fraction of sp³-hybridized carbons (Fsp3) is 0.294. The summed E-state index contributed by atoms with van der Waals surface area (Å²) in [5, 5.41) is 3.32. The van der Waals surface area contributed by atoms with Crippen LogP contribution in [0.4, 0.5) is 8.78 Å². The van der Waals surface area contributed by atoms with Gasteiger partial charge in [0.15, 0.2) is 0 Å². The number of rotatable bonds is 4. The van der Waals surface area contributed by atoms with Gasteiger partial charge in [-0.05, 0) is 66.9 Å². The molecule has 3 heteroatoms. The summed E-state index contributed by atoms with van der Waals surface area (Å²) < 4.78 is 27.1. The summed E-state index contributed by atoms with van der Waals surface area (Å²) in [6.45, 7) is 6.58. The fourth-order valence-corrected chi connectivity index (χ4v) is 2.44. The van der Waals surface area contributed by atoms with Crippen LogP contribution < -0.4 is 5.32 Å². The molecule has 0 radical (unpaired) electrons. The maximum Gasteiger partial charge on any atom is 0.123 e. The molecular formula is C17H19F2N. The number of nitrogens with one attached hydrogen (secondary N) is 1. The van der Waals surface area contributed by atoms with Gasteiger partial charge in [0.25, 0.3) is 0 Å². The molecule has 0 unspecified atom stereocenters. The lowest BCUT2D eigenvalue weighted by Gasteiger charge is -2.23. The molecule has 0 fully saturated rings. The van der Waals surface area contributed by atoms with Crippen LogP contribution in [0.1, 0.15) is 35.2 Å². The van der Waals surface area contributed by atoms with E-state index >= 15 is 0 Å². The highest BCUT2D eigenvalue weighted by Crippen LogP contribution is 2.28. The molecule has 1 nitrogen and oxygen atoms in total. The number of halogens is 2. The Morgan fingerprint density at radius 3 is 1.75 bits per heavy atom. The van der Waals surface area contributed by atoms with E-state index in [2.05, 4.69) is 5.32 Å². The normalized spacial score (nSPS) is 11.1. The zero-order valence-electron chi connectivity index (χ0n) is 12.0. The molecule has 0 aliphatic heterocycles. The van der Waals surface area contributed by atoms with Gasteiger partial charge in [0, 0.05) is 0 Å². The molecule has 0 atom stereocenters. The highest BCUT2D eigenvalue weighted by Gasteiger charge is 2.18. The molecule has 0 aromatic heterocycles. The molecule has 0 saturated heterocycles. The summed E-state index contributed by atoms with van der Waals surface area (Å²) >= 11 is 0. The number of hydrogen-bond acceptors (Lipinski definition) is 1. The highest BCUT2D eigenvalue weighted by atomic mass is 19.1. The van der Waals surface area contributed by atoms with Crippen molar-refractivity contribution in [1.29, 1.82) is 0 Å². The van der Waals surface area contributed by atoms with E-state index in [1.165, 1.54) is 24.3 Å². The first-order valence-electron chi connectivity index (χ1n) is 6.78. The summed E-state index contributed by atoms with van der Waals surface area (Å²) in [5.74, 6) is -0.551. The van der Waals surface area contributed by atoms with E-state index in [1.807, 2.05) is 20.8 Å². The van der Waals surface area contributed by atoms with Crippen molar-refractivity contribution in [3.8, 4) is 0 Å². The quantitative estimate of drug-likeness (QED) is 0.878. The van der Waals surface area contributed by atoms with E-state index in [0.717, 1.165) is 28.8 Å². The lowest BCUT2D eigenvalue weighted by molar-refractivity contribution is 0.588. The third-order valence-corrected chi connectivity index (χ3v) is 3.51. The molecule has 0 heterocycles. The standard InChI is InChI=1S/C17H19F2N/c1-4-20-17(15-9-13(18)7-5-11(15)2)16-10-14(19)8-6-12(16)3/h5-10,17,20H,4H2,1-3H3. The third kappa shape index (κ3) is 3.05. The number of benzene rings is 2. The molecule has 106 valence electrons. The summed E-state index contributed by atoms with van der Waals surface area (Å²) in [5.41, 5.74) is 3.67. The maximum atomic E-state index is 13.5. The molecule has 20 heavy (non-hydrogen) atoms. The fourth-order valence-electron chi connectivity index (χ4n) is 2.44. The molecule has 1 N–H and O–H groups in total. The third-order valence-electron chi connectivity index (χ3n) is 3.51. The van der Waals surface area contributed by atoms with Crippen LogP contribution in [-0.4, -0.2) is 6.54 Å². The Kier molecular flexibility index (Phi) is 4.50. The van der Waals surface area contributed by atoms with Gasteiger partial charge >= 0.3 is 0 Å². The molecule has 0 saturated carbocycles. The summed E-state index contributed by atoms with van der Waals surface area (Å²) in [6.07, 6.45) is 0. The topological polar surface area (TPSA) is 12.0 Å². The van der Waals surface area contributed by atoms with Crippen LogP contribution in [-0.2, 0) is 0 Å². The molecule has 2 rings (SSSR count). The Balaban J connectivity index is 2.55. The highest BCUT2D eigenvalue weighted by molar-refractivity contribution is 5.40. The van der Waals surface area contributed by atoms with Gasteiger partial charge in [0.05, 0.1) is 6.04 Å². The van der Waals surface area contributed by atoms with E-state index in [-0.39, 0.29) is 17.7 Å². The number of aryl methyl sites for hydroxylation is 2. The average Bonchev–Trinajstić information content (AvgIpc) is 2.42. The first-order chi connectivity index (χ1) is 9.52. The second kappa shape index (κ2) is 6.14. The molecule has 0 aliphatic rings. The predicted octanol–water partition coefficient (Wildman–Crippen LogP) is 4.28. The van der Waals surface area contributed by atoms with E-state index in [9.17, 15) is 8.78 Å². The molecule has 2 aromatic carbocycles. The van der Waals surface area contributed by atoms with Crippen molar-refractivity contribution in [2.24, 2.45) is 0 Å². The van der Waals surface area contributed by atoms with Gasteiger partial charge in [-0.2, -0.15) is 0 Å². The minimum Gasteiger partial charge on any atom is -0.307 e. The lowest BCUT2D eigenvalue weighted by Crippen LogP contribution is -2.24. The van der Waals surface area contributed by atoms with Crippen LogP contribution in [0.25, 0.3) is 0 Å². The van der Waals surface area contributed by atoms with Gasteiger partial charge in [-0.15, -0.1) is 0 Å². The van der Waals surface area contributed by atoms with E-state index < -0.39 is 0 Å². The SMILES string of the molecule is CCNC(c1cc(F)ccc1C)c1cc(F)ccc1C. The Morgan fingerprint density at radius 2 is 1.35 bits per heavy atom. The van der Waals surface area contributed by atoms with Crippen molar-refractivity contribution >= 4 is 0 Å². The molecule has 0 spiro atoms. The molecule has 0 bridgehead atoms. The smallest absolute Gasteiger partial charge is 0.123 e. The van der Waals surface area contributed by atoms with Crippen LogP contribution >= 0.6 is 0 Å². The summed E-state index contributed by atoms with van der Waals surface area (Å²) in [7, 11) is 0. The Hall–Kier alpha value is -1.74. The largest absolute Gasteiger partial charge is 0.307 e. The lowest BCUT2D eigenvalue weighted by atomic mass is 9.92. The molecular weight excluding hydrogens is 256 g/mol. The maximum absolute atomic E-state index is 13.5. The first-order valence-corrected chi connectivity index (χ1v) is 6.78. The van der Waals surface area contributed by atoms with Crippen LogP contribution in [0, 0.1) is 25.5 Å². The number of hydrogen-bond donors (Lipinski definition) is 1. The van der Waals surface area contributed by atoms with Crippen molar-refractivity contribution < 1.29 is 8.78 Å². The Bertz CT molecular complexity index is 556. The second-order valence-corrected chi connectivity index (χ2v) is 4.99. The molecule has 0 aliphatic carbocycles. The zero-order chi connectivity index (χ0) is 14.7. The average molecular weight is 275 g/mol. The van der Waals surface area contributed by atoms with Crippen molar-refractivity contribution in [2.45, 2.75) is 26.8 Å². The van der Waals surface area contributed by atoms with Crippen molar-refractivity contribution in [3.05, 3.63) is 70.3 Å². The molecule has 0 amide bonds. The van der Waals surface area contributed by atoms with Gasteiger partial charge in [-0.25, -0.2) is 8.78 Å². The van der Waals surface area contributed by atoms with Crippen molar-refractivity contribution in [1.82, 2.24) is 5.32 Å². The molecule has 2 aromatic rings. The van der Waals surface area contributed by atoms with Crippen LogP contribution in [0.15, 0.2) is 36.4 Å². The monoisotopic (exact) mass is 275 g/mol. The van der Waals surface area contributed by atoms with Gasteiger partial charge < -0.3 is 5.32 Å².